The number of ether oxygens (including phenoxy) is 1. The highest BCUT2D eigenvalue weighted by Gasteiger charge is 2.24. The Labute approximate surface area is 114 Å². The monoisotopic (exact) mass is 274 g/mol. The number of aliphatic carboxylic acids is 1. The number of alkyl carbamates (subject to hydrolysis) is 1. The molecule has 1 atom stereocenters. The first-order valence-electron chi connectivity index (χ1n) is 6.38. The Morgan fingerprint density at radius 3 is 2.05 bits per heavy atom. The Morgan fingerprint density at radius 1 is 1.16 bits per heavy atom. The molecule has 0 aliphatic carbocycles. The third kappa shape index (κ3) is 10.3. The van der Waals surface area contributed by atoms with Gasteiger partial charge in [0.1, 0.15) is 11.6 Å². The van der Waals surface area contributed by atoms with Crippen LogP contribution in [0.4, 0.5) is 4.79 Å². The summed E-state index contributed by atoms with van der Waals surface area (Å²) >= 11 is 0. The largest absolute Gasteiger partial charge is 0.480 e. The Kier molecular flexibility index (Phi) is 6.29. The van der Waals surface area contributed by atoms with Gasteiger partial charge in [0.2, 0.25) is 0 Å². The van der Waals surface area contributed by atoms with Crippen LogP contribution in [0.3, 0.4) is 0 Å². The van der Waals surface area contributed by atoms with E-state index in [1.54, 1.807) is 20.8 Å². The van der Waals surface area contributed by atoms with Crippen molar-refractivity contribution in [2.45, 2.75) is 65.1 Å². The number of amides is 1. The number of nitrogens with one attached hydrogen (secondary N) is 2. The van der Waals surface area contributed by atoms with Gasteiger partial charge in [0.15, 0.2) is 0 Å². The fourth-order valence-corrected chi connectivity index (χ4v) is 1.30. The molecule has 0 aromatic rings. The molecule has 1 amide bonds. The summed E-state index contributed by atoms with van der Waals surface area (Å²) in [6.45, 7) is 11.6. The molecule has 19 heavy (non-hydrogen) atoms. The molecule has 3 N–H and O–H groups in total. The molecule has 6 heteroatoms. The Balaban J connectivity index is 4.28. The first kappa shape index (κ1) is 17.7. The van der Waals surface area contributed by atoms with E-state index in [9.17, 15) is 9.59 Å². The van der Waals surface area contributed by atoms with Crippen LogP contribution in [0, 0.1) is 0 Å². The van der Waals surface area contributed by atoms with E-state index in [0.717, 1.165) is 0 Å². The van der Waals surface area contributed by atoms with Gasteiger partial charge in [-0.15, -0.1) is 0 Å². The summed E-state index contributed by atoms with van der Waals surface area (Å²) < 4.78 is 5.03. The molecule has 6 nitrogen and oxygen atoms in total. The first-order chi connectivity index (χ1) is 8.41. The second-order valence-electron chi connectivity index (χ2n) is 6.50. The minimum Gasteiger partial charge on any atom is -0.480 e. The Morgan fingerprint density at radius 2 is 1.68 bits per heavy atom. The predicted octanol–water partition coefficient (Wildman–Crippen LogP) is 1.74. The quantitative estimate of drug-likeness (QED) is 0.711. The third-order valence-corrected chi connectivity index (χ3v) is 2.08. The maximum Gasteiger partial charge on any atom is 0.408 e. The van der Waals surface area contributed by atoms with Crippen LogP contribution in [0.1, 0.15) is 48.0 Å². The highest BCUT2D eigenvalue weighted by atomic mass is 16.6. The highest BCUT2D eigenvalue weighted by molar-refractivity contribution is 5.79. The number of carboxylic acids is 1. The maximum absolute atomic E-state index is 11.5. The van der Waals surface area contributed by atoms with Crippen molar-refractivity contribution in [3.63, 3.8) is 0 Å². The van der Waals surface area contributed by atoms with Crippen molar-refractivity contribution >= 4 is 12.1 Å². The van der Waals surface area contributed by atoms with Gasteiger partial charge in [0.05, 0.1) is 0 Å². The van der Waals surface area contributed by atoms with Crippen LogP contribution in [0.2, 0.25) is 0 Å². The summed E-state index contributed by atoms with van der Waals surface area (Å²) in [7, 11) is 0. The van der Waals surface area contributed by atoms with E-state index >= 15 is 0 Å². The average molecular weight is 274 g/mol. The van der Waals surface area contributed by atoms with Crippen molar-refractivity contribution in [3.05, 3.63) is 0 Å². The normalized spacial score (nSPS) is 13.8. The van der Waals surface area contributed by atoms with Crippen molar-refractivity contribution in [1.82, 2.24) is 10.6 Å². The van der Waals surface area contributed by atoms with Crippen LogP contribution in [0.25, 0.3) is 0 Å². The van der Waals surface area contributed by atoms with Gasteiger partial charge < -0.3 is 20.5 Å². The average Bonchev–Trinajstić information content (AvgIpc) is 2.10. The van der Waals surface area contributed by atoms with Crippen molar-refractivity contribution in [2.24, 2.45) is 0 Å². The number of rotatable bonds is 5. The van der Waals surface area contributed by atoms with E-state index < -0.39 is 23.7 Å². The van der Waals surface area contributed by atoms with E-state index in [1.165, 1.54) is 0 Å². The SMILES string of the molecule is CC(C)(C)NCCC(NC(=O)OC(C)(C)C)C(=O)O. The molecule has 1 unspecified atom stereocenters. The molecule has 0 spiro atoms. The zero-order chi connectivity index (χ0) is 15.3. The van der Waals surface area contributed by atoms with E-state index in [-0.39, 0.29) is 5.54 Å². The molecule has 0 aliphatic heterocycles. The van der Waals surface area contributed by atoms with Gasteiger partial charge in [0.25, 0.3) is 0 Å². The van der Waals surface area contributed by atoms with Gasteiger partial charge in [-0.3, -0.25) is 0 Å². The summed E-state index contributed by atoms with van der Waals surface area (Å²) in [6.07, 6.45) is -0.415. The van der Waals surface area contributed by atoms with Crippen LogP contribution in [-0.2, 0) is 9.53 Å². The van der Waals surface area contributed by atoms with Gasteiger partial charge in [-0.05, 0) is 54.5 Å². The molecule has 0 aromatic heterocycles. The van der Waals surface area contributed by atoms with Crippen LogP contribution < -0.4 is 10.6 Å². The first-order valence-corrected chi connectivity index (χ1v) is 6.38. The Hall–Kier alpha value is -1.30. The topological polar surface area (TPSA) is 87.7 Å². The number of hydrogen-bond donors (Lipinski definition) is 3. The summed E-state index contributed by atoms with van der Waals surface area (Å²) in [5, 5.41) is 14.6. The summed E-state index contributed by atoms with van der Waals surface area (Å²) in [5.41, 5.74) is -0.730. The maximum atomic E-state index is 11.5. The second kappa shape index (κ2) is 6.75. The fourth-order valence-electron chi connectivity index (χ4n) is 1.30. The minimum atomic E-state index is -1.07. The zero-order valence-corrected chi connectivity index (χ0v) is 12.7. The van der Waals surface area contributed by atoms with Crippen LogP contribution in [-0.4, -0.2) is 40.9 Å². The third-order valence-electron chi connectivity index (χ3n) is 2.08. The van der Waals surface area contributed by atoms with Gasteiger partial charge >= 0.3 is 12.1 Å². The van der Waals surface area contributed by atoms with E-state index in [0.29, 0.717) is 13.0 Å². The summed E-state index contributed by atoms with van der Waals surface area (Å²) in [4.78, 5) is 22.6. The molecule has 0 heterocycles. The Bertz CT molecular complexity index is 316. The van der Waals surface area contributed by atoms with Crippen LogP contribution in [0.5, 0.6) is 0 Å². The molecule has 0 radical (unpaired) electrons. The van der Waals surface area contributed by atoms with Gasteiger partial charge in [0, 0.05) is 5.54 Å². The molecule has 0 rings (SSSR count). The molecule has 0 saturated carbocycles. The lowest BCUT2D eigenvalue weighted by atomic mass is 10.1. The molecular weight excluding hydrogens is 248 g/mol. The summed E-state index contributed by atoms with van der Waals surface area (Å²) in [5.74, 6) is -1.07. The zero-order valence-electron chi connectivity index (χ0n) is 12.7. The van der Waals surface area contributed by atoms with Gasteiger partial charge in [-0.25, -0.2) is 9.59 Å². The van der Waals surface area contributed by atoms with E-state index in [2.05, 4.69) is 10.6 Å². The number of carbonyl (C=O) groups excluding carboxylic acids is 1. The van der Waals surface area contributed by atoms with E-state index in [4.69, 9.17) is 9.84 Å². The lowest BCUT2D eigenvalue weighted by molar-refractivity contribution is -0.139. The number of carbonyl (C=O) groups is 2. The standard InChI is InChI=1S/C13H26N2O4/c1-12(2,3)14-8-7-9(10(16)17)15-11(18)19-13(4,5)6/h9,14H,7-8H2,1-6H3,(H,15,18)(H,16,17). The number of hydrogen-bond acceptors (Lipinski definition) is 4. The van der Waals surface area contributed by atoms with E-state index in [1.807, 2.05) is 20.8 Å². The smallest absolute Gasteiger partial charge is 0.408 e. The van der Waals surface area contributed by atoms with Crippen molar-refractivity contribution in [1.29, 1.82) is 0 Å². The molecule has 0 aliphatic rings. The highest BCUT2D eigenvalue weighted by Crippen LogP contribution is 2.07. The van der Waals surface area contributed by atoms with Gasteiger partial charge in [-0.2, -0.15) is 0 Å². The van der Waals surface area contributed by atoms with Crippen molar-refractivity contribution < 1.29 is 19.4 Å². The second-order valence-corrected chi connectivity index (χ2v) is 6.50. The lowest BCUT2D eigenvalue weighted by Crippen LogP contribution is -2.46. The van der Waals surface area contributed by atoms with Crippen LogP contribution in [0.15, 0.2) is 0 Å². The molecule has 0 fully saturated rings. The minimum absolute atomic E-state index is 0.0883. The number of carboxylic acid groups (broad SMARTS) is 1. The molecule has 0 saturated heterocycles. The van der Waals surface area contributed by atoms with Crippen molar-refractivity contribution in [3.8, 4) is 0 Å². The summed E-state index contributed by atoms with van der Waals surface area (Å²) in [6, 6.07) is -0.954. The molecule has 0 bridgehead atoms. The molecule has 112 valence electrons. The predicted molar refractivity (Wildman–Crippen MR) is 73.2 cm³/mol. The fraction of sp³-hybridized carbons (Fsp3) is 0.846. The van der Waals surface area contributed by atoms with Crippen LogP contribution >= 0.6 is 0 Å². The van der Waals surface area contributed by atoms with Gasteiger partial charge in [-0.1, -0.05) is 0 Å². The lowest BCUT2D eigenvalue weighted by Gasteiger charge is -2.24. The molecule has 0 aromatic carbocycles. The molecular formula is C13H26N2O4. The van der Waals surface area contributed by atoms with Crippen molar-refractivity contribution in [2.75, 3.05) is 6.54 Å².